The molecule has 0 radical (unpaired) electrons. The summed E-state index contributed by atoms with van der Waals surface area (Å²) < 4.78 is 5.80. The van der Waals surface area contributed by atoms with Crippen LogP contribution in [-0.2, 0) is 4.74 Å². The van der Waals surface area contributed by atoms with Gasteiger partial charge in [-0.3, -0.25) is 4.79 Å². The number of hydrogen-bond donors (Lipinski definition) is 3. The topological polar surface area (TPSA) is 96.4 Å². The van der Waals surface area contributed by atoms with E-state index in [4.69, 9.17) is 4.74 Å². The van der Waals surface area contributed by atoms with Gasteiger partial charge in [0.2, 0.25) is 5.95 Å². The Kier molecular flexibility index (Phi) is 4.13. The van der Waals surface area contributed by atoms with Crippen molar-refractivity contribution in [1.29, 1.82) is 0 Å². The Morgan fingerprint density at radius 1 is 1.30 bits per heavy atom. The van der Waals surface area contributed by atoms with E-state index in [1.807, 2.05) is 0 Å². The highest BCUT2D eigenvalue weighted by Crippen LogP contribution is 2.55. The molecule has 146 valence electrons. The average Bonchev–Trinajstić information content (AvgIpc) is 3.17. The number of carbonyl (C=O) groups is 1. The molecule has 1 aromatic heterocycles. The third kappa shape index (κ3) is 3.01. The lowest BCUT2D eigenvalue weighted by atomic mass is 9.52. The molecule has 3 N–H and O–H groups in total. The van der Waals surface area contributed by atoms with E-state index in [1.165, 1.54) is 0 Å². The summed E-state index contributed by atoms with van der Waals surface area (Å²) in [5, 5.41) is 17.0. The van der Waals surface area contributed by atoms with E-state index in [0.29, 0.717) is 41.6 Å². The molecule has 6 rings (SSSR count). The van der Waals surface area contributed by atoms with E-state index >= 15 is 0 Å². The van der Waals surface area contributed by atoms with Crippen molar-refractivity contribution in [3.8, 4) is 0 Å². The van der Waals surface area contributed by atoms with Gasteiger partial charge in [-0.15, -0.1) is 0 Å². The number of ether oxygens (including phenoxy) is 1. The summed E-state index contributed by atoms with van der Waals surface area (Å²) in [7, 11) is 1.77. The first kappa shape index (κ1) is 17.4. The third-order valence-electron chi connectivity index (χ3n) is 7.06. The molecule has 1 amide bonds. The fourth-order valence-electron chi connectivity index (χ4n) is 6.18. The van der Waals surface area contributed by atoms with Crippen LogP contribution in [0.4, 0.5) is 5.95 Å². The molecule has 0 spiro atoms. The Labute approximate surface area is 159 Å². The molecule has 4 bridgehead atoms. The lowest BCUT2D eigenvalue weighted by molar-refractivity contribution is -0.136. The van der Waals surface area contributed by atoms with Gasteiger partial charge in [0.25, 0.3) is 5.91 Å². The molecule has 2 unspecified atom stereocenters. The number of amides is 1. The van der Waals surface area contributed by atoms with Gasteiger partial charge >= 0.3 is 0 Å². The molecule has 5 fully saturated rings. The maximum absolute atomic E-state index is 13.2. The third-order valence-corrected chi connectivity index (χ3v) is 7.06. The molecule has 5 aliphatic rings. The quantitative estimate of drug-likeness (QED) is 0.748. The van der Waals surface area contributed by atoms with Gasteiger partial charge in [0.1, 0.15) is 6.10 Å². The van der Waals surface area contributed by atoms with Crippen LogP contribution in [0.15, 0.2) is 6.20 Å². The summed E-state index contributed by atoms with van der Waals surface area (Å²) >= 11 is 0. The van der Waals surface area contributed by atoms with Crippen molar-refractivity contribution in [3.05, 3.63) is 17.5 Å². The van der Waals surface area contributed by atoms with Crippen molar-refractivity contribution in [3.63, 3.8) is 0 Å². The maximum Gasteiger partial charge on any atom is 0.255 e. The molecule has 1 aromatic rings. The van der Waals surface area contributed by atoms with Crippen LogP contribution < -0.4 is 10.6 Å². The molecule has 7 heteroatoms. The van der Waals surface area contributed by atoms with Crippen LogP contribution in [0.5, 0.6) is 0 Å². The molecule has 4 saturated carbocycles. The van der Waals surface area contributed by atoms with Crippen LogP contribution >= 0.6 is 0 Å². The Bertz CT molecular complexity index is 733. The van der Waals surface area contributed by atoms with Gasteiger partial charge in [-0.05, 0) is 62.7 Å². The maximum atomic E-state index is 13.2. The van der Waals surface area contributed by atoms with Gasteiger partial charge in [-0.25, -0.2) is 9.97 Å². The summed E-state index contributed by atoms with van der Waals surface area (Å²) in [4.78, 5) is 22.0. The predicted molar refractivity (Wildman–Crippen MR) is 99.3 cm³/mol. The fraction of sp³-hybridized carbons (Fsp3) is 0.750. The highest BCUT2D eigenvalue weighted by molar-refractivity contribution is 5.95. The zero-order valence-corrected chi connectivity index (χ0v) is 15.8. The lowest BCUT2D eigenvalue weighted by Crippen LogP contribution is -2.61. The lowest BCUT2D eigenvalue weighted by Gasteiger charge is -2.58. The number of nitrogens with one attached hydrogen (secondary N) is 2. The summed E-state index contributed by atoms with van der Waals surface area (Å²) in [6, 6.07) is 0.149. The first-order valence-corrected chi connectivity index (χ1v) is 10.2. The molecular formula is C20H28N4O3. The second-order valence-corrected chi connectivity index (χ2v) is 8.94. The van der Waals surface area contributed by atoms with E-state index in [1.54, 1.807) is 13.2 Å². The van der Waals surface area contributed by atoms with Crippen LogP contribution in [-0.4, -0.2) is 46.3 Å². The highest BCUT2D eigenvalue weighted by Gasteiger charge is 2.55. The van der Waals surface area contributed by atoms with Crippen molar-refractivity contribution in [2.24, 2.45) is 17.8 Å². The molecule has 7 nitrogen and oxygen atoms in total. The Morgan fingerprint density at radius 2 is 2.07 bits per heavy atom. The number of aliphatic hydroxyl groups is 1. The minimum atomic E-state index is -0.488. The van der Waals surface area contributed by atoms with E-state index in [0.717, 1.165) is 44.9 Å². The first-order chi connectivity index (χ1) is 13.0. The summed E-state index contributed by atoms with van der Waals surface area (Å²) in [5.41, 5.74) is 0.721. The Balaban J connectivity index is 1.38. The summed E-state index contributed by atoms with van der Waals surface area (Å²) in [5.74, 6) is 1.80. The first-order valence-electron chi connectivity index (χ1n) is 10.2. The zero-order chi connectivity index (χ0) is 18.6. The van der Waals surface area contributed by atoms with Gasteiger partial charge in [0, 0.05) is 25.9 Å². The number of rotatable bonds is 4. The Morgan fingerprint density at radius 3 is 2.70 bits per heavy atom. The highest BCUT2D eigenvalue weighted by atomic mass is 16.5. The molecule has 1 aliphatic heterocycles. The number of aromatic nitrogens is 2. The van der Waals surface area contributed by atoms with Crippen LogP contribution in [0.25, 0.3) is 0 Å². The number of carbonyl (C=O) groups excluding carboxylic acids is 1. The fourth-order valence-corrected chi connectivity index (χ4v) is 6.18. The van der Waals surface area contributed by atoms with E-state index in [2.05, 4.69) is 20.6 Å². The number of hydrogen-bond acceptors (Lipinski definition) is 6. The van der Waals surface area contributed by atoms with Gasteiger partial charge < -0.3 is 20.5 Å². The van der Waals surface area contributed by atoms with Crippen molar-refractivity contribution >= 4 is 11.9 Å². The molecule has 0 aromatic carbocycles. The SMILES string of the molecule is CNc1ncc(C(=O)N[C@H]2C3CC4CC2C[C@@](O)(C4)C3)c([C@H]2CCCO2)n1. The number of nitrogens with zero attached hydrogens (tertiary/aromatic N) is 2. The van der Waals surface area contributed by atoms with E-state index in [-0.39, 0.29) is 18.1 Å². The van der Waals surface area contributed by atoms with E-state index < -0.39 is 5.60 Å². The zero-order valence-electron chi connectivity index (χ0n) is 15.8. The van der Waals surface area contributed by atoms with Crippen molar-refractivity contribution < 1.29 is 14.6 Å². The van der Waals surface area contributed by atoms with Crippen LogP contribution in [0, 0.1) is 17.8 Å². The molecule has 2 heterocycles. The van der Waals surface area contributed by atoms with Gasteiger partial charge in [0.05, 0.1) is 16.9 Å². The number of anilines is 1. The second kappa shape index (κ2) is 6.41. The standard InChI is InChI=1S/C20H28N4O3/c1-21-19-22-10-14(17(24-19)15-3-2-4-27-15)18(25)23-16-12-5-11-6-13(16)9-20(26,7-11)8-12/h10-13,15-16,26H,2-9H2,1H3,(H,23,25)(H,21,22,24)/t11?,12?,13?,15-,16-,20+/m1/s1. The van der Waals surface area contributed by atoms with Crippen LogP contribution in [0.1, 0.15) is 67.1 Å². The normalized spacial score (nSPS) is 39.6. The molecular weight excluding hydrogens is 344 g/mol. The van der Waals surface area contributed by atoms with Crippen LogP contribution in [0.2, 0.25) is 0 Å². The predicted octanol–water partition coefficient (Wildman–Crippen LogP) is 2.04. The minimum absolute atomic E-state index is 0.104. The van der Waals surface area contributed by atoms with E-state index in [9.17, 15) is 9.90 Å². The monoisotopic (exact) mass is 372 g/mol. The minimum Gasteiger partial charge on any atom is -0.390 e. The van der Waals surface area contributed by atoms with Gasteiger partial charge in [-0.1, -0.05) is 0 Å². The molecule has 27 heavy (non-hydrogen) atoms. The van der Waals surface area contributed by atoms with Crippen LogP contribution in [0.3, 0.4) is 0 Å². The summed E-state index contributed by atoms with van der Waals surface area (Å²) in [6.07, 6.45) is 8.17. The smallest absolute Gasteiger partial charge is 0.255 e. The molecule has 3 atom stereocenters. The molecule has 1 saturated heterocycles. The largest absolute Gasteiger partial charge is 0.390 e. The van der Waals surface area contributed by atoms with Gasteiger partial charge in [0.15, 0.2) is 0 Å². The molecule has 4 aliphatic carbocycles. The average molecular weight is 372 g/mol. The Hall–Kier alpha value is -1.73. The van der Waals surface area contributed by atoms with Gasteiger partial charge in [-0.2, -0.15) is 0 Å². The van der Waals surface area contributed by atoms with Crippen molar-refractivity contribution in [2.45, 2.75) is 62.7 Å². The van der Waals surface area contributed by atoms with Crippen molar-refractivity contribution in [1.82, 2.24) is 15.3 Å². The second-order valence-electron chi connectivity index (χ2n) is 8.94. The summed E-state index contributed by atoms with van der Waals surface area (Å²) in [6.45, 7) is 0.706. The van der Waals surface area contributed by atoms with Crippen molar-refractivity contribution in [2.75, 3.05) is 19.0 Å².